The summed E-state index contributed by atoms with van der Waals surface area (Å²) in [5.41, 5.74) is 0. The molecule has 0 aliphatic heterocycles. The predicted octanol–water partition coefficient (Wildman–Crippen LogP) is -0.736. The lowest BCUT2D eigenvalue weighted by molar-refractivity contribution is -0.128. The van der Waals surface area contributed by atoms with E-state index in [1.165, 1.54) is 8.05 Å². The molecule has 0 aromatic rings. The van der Waals surface area contributed by atoms with Crippen molar-refractivity contribution in [3.8, 4) is 0 Å². The maximum absolute atomic E-state index is 9.84. The van der Waals surface area contributed by atoms with Gasteiger partial charge in [0.2, 0.25) is 0 Å². The predicted molar refractivity (Wildman–Crippen MR) is 24.8 cm³/mol. The van der Waals surface area contributed by atoms with Gasteiger partial charge < -0.3 is 4.65 Å². The zero-order valence-corrected chi connectivity index (χ0v) is 3.60. The quantitative estimate of drug-likeness (QED) is 0.309. The fraction of sp³-hybridized carbons (Fsp3) is 0. The molecule has 0 aromatic heterocycles. The zero-order chi connectivity index (χ0) is 4.99. The Bertz CT molecular complexity index is 69.2. The van der Waals surface area contributed by atoms with Crippen LogP contribution in [0, 0.1) is 0 Å². The third-order valence-electron chi connectivity index (χ3n) is 0.368. The highest BCUT2D eigenvalue weighted by atomic mass is 16.5. The van der Waals surface area contributed by atoms with E-state index in [1.54, 1.807) is 0 Å². The van der Waals surface area contributed by atoms with Crippen molar-refractivity contribution in [2.24, 2.45) is 0 Å². The van der Waals surface area contributed by atoms with Crippen LogP contribution in [0.5, 0.6) is 0 Å². The first-order valence-electron chi connectivity index (χ1n) is 1.51. The first-order chi connectivity index (χ1) is 2.81. The number of rotatable bonds is 1. The Morgan fingerprint density at radius 3 is 2.50 bits per heavy atom. The van der Waals surface area contributed by atoms with Gasteiger partial charge in [-0.25, -0.2) is 4.79 Å². The number of carbonyl (C=O) groups excluding carboxylic acids is 1. The Balaban J connectivity index is 3.23. The van der Waals surface area contributed by atoms with Gasteiger partial charge in [0, 0.05) is 6.08 Å². The Hall–Kier alpha value is -0.725. The third kappa shape index (κ3) is 1.58. The molecule has 0 fully saturated rings. The fourth-order valence-corrected chi connectivity index (χ4v) is 0.0833. The number of carbonyl (C=O) groups is 1. The zero-order valence-electron chi connectivity index (χ0n) is 3.60. The smallest absolute Gasteiger partial charge is 0.326 e. The molecule has 32 valence electrons. The lowest BCUT2D eigenvalue weighted by Gasteiger charge is -1.84. The molecule has 6 heavy (non-hydrogen) atoms. The van der Waals surface area contributed by atoms with Gasteiger partial charge in [0.05, 0.1) is 0 Å². The van der Waals surface area contributed by atoms with Crippen molar-refractivity contribution < 1.29 is 9.45 Å². The summed E-state index contributed by atoms with van der Waals surface area (Å²) in [6.45, 7) is 3.16. The number of hydrogen-bond donors (Lipinski definition) is 0. The van der Waals surface area contributed by atoms with Crippen LogP contribution in [-0.4, -0.2) is 14.0 Å². The maximum atomic E-state index is 9.84. The van der Waals surface area contributed by atoms with Gasteiger partial charge in [0.1, 0.15) is 0 Å². The topological polar surface area (TPSA) is 26.3 Å². The van der Waals surface area contributed by atoms with E-state index >= 15 is 0 Å². The summed E-state index contributed by atoms with van der Waals surface area (Å²) >= 11 is 0. The molecule has 0 aromatic carbocycles. The van der Waals surface area contributed by atoms with Gasteiger partial charge in [-0.15, -0.1) is 0 Å². The standard InChI is InChI=1S/C3H5BO2/c1-2-3(5)6-4/h2H,1,4H2. The SMILES string of the molecule is BOC(=O)C=C. The van der Waals surface area contributed by atoms with Crippen LogP contribution in [0.3, 0.4) is 0 Å². The van der Waals surface area contributed by atoms with Gasteiger partial charge in [-0.1, -0.05) is 6.58 Å². The van der Waals surface area contributed by atoms with E-state index in [2.05, 4.69) is 11.2 Å². The Morgan fingerprint density at radius 2 is 2.50 bits per heavy atom. The molecule has 0 saturated heterocycles. The first-order valence-corrected chi connectivity index (χ1v) is 1.51. The molecule has 0 amide bonds. The Labute approximate surface area is 37.2 Å². The van der Waals surface area contributed by atoms with E-state index in [1.807, 2.05) is 0 Å². The average Bonchev–Trinajstić information content (AvgIpc) is 1.65. The third-order valence-corrected chi connectivity index (χ3v) is 0.368. The molecule has 0 aliphatic carbocycles. The van der Waals surface area contributed by atoms with Gasteiger partial charge in [0.15, 0.2) is 0 Å². The lowest BCUT2D eigenvalue weighted by atomic mass is 10.5. The molecular formula is C3H5BO2. The van der Waals surface area contributed by atoms with E-state index in [-0.39, 0.29) is 0 Å². The summed E-state index contributed by atoms with van der Waals surface area (Å²) in [5.74, 6) is -0.394. The molecule has 0 atom stereocenters. The minimum absolute atomic E-state index is 0.394. The van der Waals surface area contributed by atoms with Crippen LogP contribution in [0.2, 0.25) is 0 Å². The summed E-state index contributed by atoms with van der Waals surface area (Å²) in [7, 11) is 1.31. The van der Waals surface area contributed by atoms with Crippen LogP contribution < -0.4 is 0 Å². The minimum Gasteiger partial charge on any atom is -0.540 e. The van der Waals surface area contributed by atoms with Crippen molar-refractivity contribution in [2.75, 3.05) is 0 Å². The second-order valence-electron chi connectivity index (χ2n) is 0.727. The highest BCUT2D eigenvalue weighted by Crippen LogP contribution is 1.66. The van der Waals surface area contributed by atoms with Crippen LogP contribution in [-0.2, 0) is 9.45 Å². The largest absolute Gasteiger partial charge is 0.540 e. The van der Waals surface area contributed by atoms with Crippen molar-refractivity contribution in [1.82, 2.24) is 0 Å². The summed E-state index contributed by atoms with van der Waals surface area (Å²) in [4.78, 5) is 9.84. The average molecular weight is 83.9 g/mol. The van der Waals surface area contributed by atoms with Crippen LogP contribution in [0.15, 0.2) is 12.7 Å². The Kier molecular flexibility index (Phi) is 2.21. The van der Waals surface area contributed by atoms with Gasteiger partial charge >= 0.3 is 14.0 Å². The van der Waals surface area contributed by atoms with Crippen LogP contribution in [0.1, 0.15) is 0 Å². The van der Waals surface area contributed by atoms with E-state index in [4.69, 9.17) is 0 Å². The Morgan fingerprint density at radius 1 is 2.00 bits per heavy atom. The highest BCUT2D eigenvalue weighted by Gasteiger charge is 1.81. The van der Waals surface area contributed by atoms with Crippen molar-refractivity contribution in [2.45, 2.75) is 0 Å². The summed E-state index contributed by atoms with van der Waals surface area (Å²) in [6, 6.07) is 0. The molecule has 0 heterocycles. The highest BCUT2D eigenvalue weighted by molar-refractivity contribution is 6.07. The lowest BCUT2D eigenvalue weighted by Crippen LogP contribution is -1.93. The van der Waals surface area contributed by atoms with Crippen LogP contribution in [0.4, 0.5) is 0 Å². The summed E-state index contributed by atoms with van der Waals surface area (Å²) in [6.07, 6.45) is 1.11. The monoisotopic (exact) mass is 84.0 g/mol. The fourth-order valence-electron chi connectivity index (χ4n) is 0.0833. The molecule has 2 nitrogen and oxygen atoms in total. The van der Waals surface area contributed by atoms with Crippen molar-refractivity contribution in [3.05, 3.63) is 12.7 Å². The molecule has 0 saturated carbocycles. The van der Waals surface area contributed by atoms with Crippen molar-refractivity contribution in [3.63, 3.8) is 0 Å². The van der Waals surface area contributed by atoms with E-state index < -0.39 is 5.97 Å². The first kappa shape index (κ1) is 5.27. The van der Waals surface area contributed by atoms with E-state index in [0.717, 1.165) is 6.08 Å². The van der Waals surface area contributed by atoms with Crippen molar-refractivity contribution in [1.29, 1.82) is 0 Å². The molecular weight excluding hydrogens is 78.8 g/mol. The molecule has 0 radical (unpaired) electrons. The molecule has 0 rings (SSSR count). The minimum atomic E-state index is -0.394. The molecule has 3 heteroatoms. The van der Waals surface area contributed by atoms with E-state index in [9.17, 15) is 4.79 Å². The van der Waals surface area contributed by atoms with E-state index in [0.29, 0.717) is 0 Å². The molecule has 0 aliphatic rings. The molecule has 0 spiro atoms. The summed E-state index contributed by atoms with van der Waals surface area (Å²) < 4.78 is 4.14. The second kappa shape index (κ2) is 2.51. The van der Waals surface area contributed by atoms with Crippen LogP contribution >= 0.6 is 0 Å². The second-order valence-corrected chi connectivity index (χ2v) is 0.727. The van der Waals surface area contributed by atoms with Gasteiger partial charge in [-0.3, -0.25) is 0 Å². The number of hydrogen-bond acceptors (Lipinski definition) is 2. The van der Waals surface area contributed by atoms with Gasteiger partial charge in [-0.2, -0.15) is 0 Å². The van der Waals surface area contributed by atoms with Crippen LogP contribution in [0.25, 0.3) is 0 Å². The normalized spacial score (nSPS) is 6.67. The van der Waals surface area contributed by atoms with Gasteiger partial charge in [-0.05, 0) is 0 Å². The van der Waals surface area contributed by atoms with Gasteiger partial charge in [0.25, 0.3) is 0 Å². The van der Waals surface area contributed by atoms with Crippen molar-refractivity contribution >= 4 is 14.0 Å². The molecule has 0 bridgehead atoms. The molecule has 0 N–H and O–H groups in total. The molecule has 0 unspecified atom stereocenters. The summed E-state index contributed by atoms with van der Waals surface area (Å²) in [5, 5.41) is 0. The maximum Gasteiger partial charge on any atom is 0.326 e.